The van der Waals surface area contributed by atoms with Crippen molar-refractivity contribution in [2.75, 3.05) is 25.5 Å². The Balaban J connectivity index is 2.22. The number of carboxylic acids is 1. The van der Waals surface area contributed by atoms with Crippen molar-refractivity contribution in [1.29, 1.82) is 0 Å². The third-order valence-corrected chi connectivity index (χ3v) is 5.05. The van der Waals surface area contributed by atoms with Crippen molar-refractivity contribution in [3.8, 4) is 0 Å². The van der Waals surface area contributed by atoms with Gasteiger partial charge in [-0.2, -0.15) is 11.8 Å². The topological polar surface area (TPSA) is 58.6 Å². The molecule has 4 nitrogen and oxygen atoms in total. The molecule has 0 saturated carbocycles. The summed E-state index contributed by atoms with van der Waals surface area (Å²) in [5, 5.41) is 13.2. The van der Waals surface area contributed by atoms with Crippen molar-refractivity contribution in [2.24, 2.45) is 0 Å². The number of carbonyl (C=O) groups is 1. The van der Waals surface area contributed by atoms with Gasteiger partial charge < -0.3 is 15.2 Å². The number of ether oxygens (including phenoxy) is 1. The Morgan fingerprint density at radius 3 is 2.74 bits per heavy atom. The first-order valence-electron chi connectivity index (χ1n) is 7.26. The van der Waals surface area contributed by atoms with E-state index in [1.807, 2.05) is 11.8 Å². The molecule has 0 aromatic heterocycles. The van der Waals surface area contributed by atoms with Crippen LogP contribution < -0.4 is 5.32 Å². The van der Waals surface area contributed by atoms with Crippen LogP contribution in [0.25, 0.3) is 0 Å². The Morgan fingerprint density at radius 1 is 1.47 bits per heavy atom. The maximum absolute atomic E-state index is 11.3. The summed E-state index contributed by atoms with van der Waals surface area (Å²) in [4.78, 5) is 11.3. The quantitative estimate of drug-likeness (QED) is 0.639. The van der Waals surface area contributed by atoms with E-state index in [2.05, 4.69) is 12.2 Å². The highest BCUT2D eigenvalue weighted by molar-refractivity contribution is 7.99. The van der Waals surface area contributed by atoms with Crippen LogP contribution in [0.4, 0.5) is 0 Å². The molecule has 2 N–H and O–H groups in total. The standard InChI is InChI=1S/C14H27NO3S/c1-3-8-15-14(2,13(16)17)7-4-11-19-12-5-9-18-10-6-12/h12,15H,3-11H2,1-2H3,(H,16,17). The van der Waals surface area contributed by atoms with E-state index in [-0.39, 0.29) is 0 Å². The Hall–Kier alpha value is -0.260. The van der Waals surface area contributed by atoms with Crippen molar-refractivity contribution < 1.29 is 14.6 Å². The minimum absolute atomic E-state index is 0.693. The third-order valence-electron chi connectivity index (χ3n) is 3.58. The number of carboxylic acid groups (broad SMARTS) is 1. The Bertz CT molecular complexity index is 269. The molecule has 19 heavy (non-hydrogen) atoms. The van der Waals surface area contributed by atoms with E-state index in [0.717, 1.165) is 51.2 Å². The summed E-state index contributed by atoms with van der Waals surface area (Å²) in [6, 6.07) is 0. The summed E-state index contributed by atoms with van der Waals surface area (Å²) in [7, 11) is 0. The van der Waals surface area contributed by atoms with Crippen LogP contribution in [-0.2, 0) is 9.53 Å². The van der Waals surface area contributed by atoms with Crippen molar-refractivity contribution in [3.05, 3.63) is 0 Å². The highest BCUT2D eigenvalue weighted by Gasteiger charge is 2.31. The first kappa shape index (κ1) is 16.8. The van der Waals surface area contributed by atoms with Crippen LogP contribution in [0.1, 0.15) is 46.0 Å². The van der Waals surface area contributed by atoms with Crippen LogP contribution in [0.2, 0.25) is 0 Å². The van der Waals surface area contributed by atoms with E-state index in [0.29, 0.717) is 11.7 Å². The lowest BCUT2D eigenvalue weighted by Crippen LogP contribution is -2.49. The molecule has 5 heteroatoms. The number of aliphatic carboxylic acids is 1. The van der Waals surface area contributed by atoms with Gasteiger partial charge in [-0.25, -0.2) is 0 Å². The van der Waals surface area contributed by atoms with Crippen molar-refractivity contribution in [1.82, 2.24) is 5.32 Å². The fraction of sp³-hybridized carbons (Fsp3) is 0.929. The average molecular weight is 289 g/mol. The van der Waals surface area contributed by atoms with Crippen LogP contribution in [0.5, 0.6) is 0 Å². The lowest BCUT2D eigenvalue weighted by Gasteiger charge is -2.27. The predicted octanol–water partition coefficient (Wildman–Crippen LogP) is 2.52. The summed E-state index contributed by atoms with van der Waals surface area (Å²) < 4.78 is 5.33. The predicted molar refractivity (Wildman–Crippen MR) is 79.9 cm³/mol. The first-order chi connectivity index (χ1) is 9.08. The zero-order valence-electron chi connectivity index (χ0n) is 12.1. The molecular weight excluding hydrogens is 262 g/mol. The summed E-state index contributed by atoms with van der Waals surface area (Å²) >= 11 is 1.97. The van der Waals surface area contributed by atoms with Gasteiger partial charge in [0, 0.05) is 18.5 Å². The summed E-state index contributed by atoms with van der Waals surface area (Å²) in [5.74, 6) is 0.304. The second-order valence-electron chi connectivity index (χ2n) is 5.35. The fourth-order valence-corrected chi connectivity index (χ4v) is 3.36. The summed E-state index contributed by atoms with van der Waals surface area (Å²) in [6.07, 6.45) is 4.86. The number of rotatable bonds is 9. The molecule has 1 heterocycles. The van der Waals surface area contributed by atoms with Gasteiger partial charge in [-0.15, -0.1) is 0 Å². The maximum atomic E-state index is 11.3. The van der Waals surface area contributed by atoms with Gasteiger partial charge in [0.05, 0.1) is 0 Å². The van der Waals surface area contributed by atoms with Gasteiger partial charge in [0.1, 0.15) is 5.54 Å². The molecular formula is C14H27NO3S. The zero-order chi connectivity index (χ0) is 14.1. The van der Waals surface area contributed by atoms with Crippen LogP contribution >= 0.6 is 11.8 Å². The number of hydrogen-bond acceptors (Lipinski definition) is 4. The molecule has 1 rings (SSSR count). The highest BCUT2D eigenvalue weighted by atomic mass is 32.2. The lowest BCUT2D eigenvalue weighted by atomic mass is 9.96. The third kappa shape index (κ3) is 6.15. The highest BCUT2D eigenvalue weighted by Crippen LogP contribution is 2.24. The molecule has 0 amide bonds. The van der Waals surface area contributed by atoms with Gasteiger partial charge >= 0.3 is 5.97 Å². The molecule has 1 saturated heterocycles. The van der Waals surface area contributed by atoms with E-state index in [4.69, 9.17) is 4.74 Å². The van der Waals surface area contributed by atoms with Gasteiger partial charge in [-0.05, 0) is 51.3 Å². The number of thioether (sulfide) groups is 1. The minimum atomic E-state index is -0.772. The average Bonchev–Trinajstić information content (AvgIpc) is 2.42. The minimum Gasteiger partial charge on any atom is -0.480 e. The molecule has 1 aliphatic heterocycles. The van der Waals surface area contributed by atoms with E-state index >= 15 is 0 Å². The Labute approximate surface area is 120 Å². The van der Waals surface area contributed by atoms with Crippen LogP contribution in [-0.4, -0.2) is 47.4 Å². The van der Waals surface area contributed by atoms with E-state index in [1.165, 1.54) is 0 Å². The van der Waals surface area contributed by atoms with Crippen molar-refractivity contribution >= 4 is 17.7 Å². The number of nitrogens with one attached hydrogen (secondary N) is 1. The second-order valence-corrected chi connectivity index (χ2v) is 6.76. The molecule has 0 aromatic carbocycles. The molecule has 1 fully saturated rings. The molecule has 112 valence electrons. The molecule has 1 aliphatic rings. The van der Waals surface area contributed by atoms with E-state index < -0.39 is 11.5 Å². The maximum Gasteiger partial charge on any atom is 0.323 e. The van der Waals surface area contributed by atoms with E-state index in [1.54, 1.807) is 6.92 Å². The molecule has 0 spiro atoms. The van der Waals surface area contributed by atoms with Gasteiger partial charge in [0.15, 0.2) is 0 Å². The SMILES string of the molecule is CCCNC(C)(CCCSC1CCOCC1)C(=O)O. The fourth-order valence-electron chi connectivity index (χ4n) is 2.19. The summed E-state index contributed by atoms with van der Waals surface area (Å²) in [5.41, 5.74) is -0.772. The lowest BCUT2D eigenvalue weighted by molar-refractivity contribution is -0.144. The number of hydrogen-bond donors (Lipinski definition) is 2. The normalized spacial score (nSPS) is 20.1. The van der Waals surface area contributed by atoms with Gasteiger partial charge in [-0.1, -0.05) is 6.92 Å². The zero-order valence-corrected chi connectivity index (χ0v) is 12.9. The molecule has 1 unspecified atom stereocenters. The van der Waals surface area contributed by atoms with Gasteiger partial charge in [0.25, 0.3) is 0 Å². The molecule has 0 radical (unpaired) electrons. The smallest absolute Gasteiger partial charge is 0.323 e. The van der Waals surface area contributed by atoms with Crippen molar-refractivity contribution in [3.63, 3.8) is 0 Å². The largest absolute Gasteiger partial charge is 0.480 e. The Kier molecular flexibility index (Phi) is 7.80. The van der Waals surface area contributed by atoms with Crippen molar-refractivity contribution in [2.45, 2.75) is 56.7 Å². The first-order valence-corrected chi connectivity index (χ1v) is 8.31. The second kappa shape index (κ2) is 8.82. The molecule has 0 bridgehead atoms. The Morgan fingerprint density at radius 2 is 2.16 bits per heavy atom. The van der Waals surface area contributed by atoms with E-state index in [9.17, 15) is 9.90 Å². The molecule has 0 aliphatic carbocycles. The van der Waals surface area contributed by atoms with Crippen LogP contribution in [0.15, 0.2) is 0 Å². The van der Waals surface area contributed by atoms with Crippen LogP contribution in [0.3, 0.4) is 0 Å². The summed E-state index contributed by atoms with van der Waals surface area (Å²) in [6.45, 7) is 6.36. The van der Waals surface area contributed by atoms with Gasteiger partial charge in [0.2, 0.25) is 0 Å². The van der Waals surface area contributed by atoms with Crippen LogP contribution in [0, 0.1) is 0 Å². The molecule has 0 aromatic rings. The van der Waals surface area contributed by atoms with Gasteiger partial charge in [-0.3, -0.25) is 4.79 Å². The monoisotopic (exact) mass is 289 g/mol. The molecule has 1 atom stereocenters.